The van der Waals surface area contributed by atoms with Crippen molar-refractivity contribution >= 4 is 21.4 Å². The van der Waals surface area contributed by atoms with Gasteiger partial charge in [-0.3, -0.25) is 0 Å². The first kappa shape index (κ1) is 14.6. The van der Waals surface area contributed by atoms with Gasteiger partial charge >= 0.3 is 0 Å². The first-order valence-corrected chi connectivity index (χ1v) is 8.07. The van der Waals surface area contributed by atoms with Gasteiger partial charge in [0.15, 0.2) is 0 Å². The van der Waals surface area contributed by atoms with Gasteiger partial charge < -0.3 is 5.32 Å². The molecule has 0 amide bonds. The minimum absolute atomic E-state index is 0.402. The molecule has 0 aromatic carbocycles. The summed E-state index contributed by atoms with van der Waals surface area (Å²) in [6.07, 6.45) is 0.866. The third-order valence-electron chi connectivity index (χ3n) is 2.16. The van der Waals surface area contributed by atoms with Crippen molar-refractivity contribution in [1.29, 1.82) is 0 Å². The molecule has 1 rings (SSSR count). The average Bonchev–Trinajstić information content (AvgIpc) is 2.66. The summed E-state index contributed by atoms with van der Waals surface area (Å²) in [5.74, 6) is 0. The molecular formula is C11H20N2O2S2. The van der Waals surface area contributed by atoms with E-state index in [9.17, 15) is 8.42 Å². The summed E-state index contributed by atoms with van der Waals surface area (Å²) in [5.41, 5.74) is 0. The summed E-state index contributed by atoms with van der Waals surface area (Å²) in [6.45, 7) is 7.26. The molecule has 4 nitrogen and oxygen atoms in total. The van der Waals surface area contributed by atoms with E-state index in [4.69, 9.17) is 0 Å². The Hall–Kier alpha value is -0.430. The van der Waals surface area contributed by atoms with E-state index >= 15 is 0 Å². The molecule has 0 saturated carbocycles. The molecule has 0 radical (unpaired) electrons. The van der Waals surface area contributed by atoms with Gasteiger partial charge in [-0.15, -0.1) is 11.3 Å². The highest BCUT2D eigenvalue weighted by atomic mass is 32.2. The molecular weight excluding hydrogens is 256 g/mol. The van der Waals surface area contributed by atoms with E-state index in [2.05, 4.69) is 23.9 Å². The smallest absolute Gasteiger partial charge is 0.250 e. The molecule has 1 aromatic heterocycles. The predicted octanol–water partition coefficient (Wildman–Crippen LogP) is 1.59. The molecule has 1 aromatic rings. The van der Waals surface area contributed by atoms with Crippen molar-refractivity contribution in [1.82, 2.24) is 10.0 Å². The third-order valence-corrected chi connectivity index (χ3v) is 5.34. The molecule has 6 heteroatoms. The van der Waals surface area contributed by atoms with Crippen molar-refractivity contribution in [2.24, 2.45) is 0 Å². The van der Waals surface area contributed by atoms with Crippen LogP contribution in [-0.4, -0.2) is 27.5 Å². The largest absolute Gasteiger partial charge is 0.314 e. The van der Waals surface area contributed by atoms with E-state index in [0.717, 1.165) is 17.8 Å². The topological polar surface area (TPSA) is 58.2 Å². The normalized spacial score (nSPS) is 12.2. The molecule has 0 bridgehead atoms. The Labute approximate surface area is 107 Å². The SMILES string of the molecule is CCNS(=O)(=O)c1ccc(CCNC(C)C)s1. The highest BCUT2D eigenvalue weighted by Gasteiger charge is 2.15. The van der Waals surface area contributed by atoms with Crippen LogP contribution in [0, 0.1) is 0 Å². The second-order valence-electron chi connectivity index (χ2n) is 4.08. The summed E-state index contributed by atoms with van der Waals surface area (Å²) in [4.78, 5) is 1.09. The molecule has 0 aliphatic carbocycles. The van der Waals surface area contributed by atoms with Crippen LogP contribution in [0.5, 0.6) is 0 Å². The molecule has 0 aliphatic heterocycles. The Morgan fingerprint density at radius 2 is 2.06 bits per heavy atom. The zero-order valence-corrected chi connectivity index (χ0v) is 12.1. The average molecular weight is 276 g/mol. The number of rotatable bonds is 7. The van der Waals surface area contributed by atoms with Gasteiger partial charge in [-0.05, 0) is 18.6 Å². The van der Waals surface area contributed by atoms with Crippen LogP contribution in [-0.2, 0) is 16.4 Å². The molecule has 1 heterocycles. The van der Waals surface area contributed by atoms with E-state index in [0.29, 0.717) is 16.8 Å². The summed E-state index contributed by atoms with van der Waals surface area (Å²) in [7, 11) is -3.28. The van der Waals surface area contributed by atoms with E-state index in [1.165, 1.54) is 11.3 Å². The second-order valence-corrected chi connectivity index (χ2v) is 7.24. The standard InChI is InChI=1S/C11H20N2O2S2/c1-4-13-17(14,15)11-6-5-10(16-11)7-8-12-9(2)3/h5-6,9,12-13H,4,7-8H2,1-3H3. The highest BCUT2D eigenvalue weighted by molar-refractivity contribution is 7.91. The van der Waals surface area contributed by atoms with E-state index in [1.54, 1.807) is 13.0 Å². The fourth-order valence-electron chi connectivity index (χ4n) is 1.38. The van der Waals surface area contributed by atoms with Gasteiger partial charge in [0.1, 0.15) is 4.21 Å². The fourth-order valence-corrected chi connectivity index (χ4v) is 3.82. The van der Waals surface area contributed by atoms with Crippen LogP contribution in [0.3, 0.4) is 0 Å². The lowest BCUT2D eigenvalue weighted by Crippen LogP contribution is -2.24. The van der Waals surface area contributed by atoms with Crippen molar-refractivity contribution < 1.29 is 8.42 Å². The monoisotopic (exact) mass is 276 g/mol. The van der Waals surface area contributed by atoms with Crippen LogP contribution in [0.25, 0.3) is 0 Å². The Kier molecular flexibility index (Phi) is 5.58. The van der Waals surface area contributed by atoms with Crippen molar-refractivity contribution in [3.63, 3.8) is 0 Å². The minimum Gasteiger partial charge on any atom is -0.314 e. The fraction of sp³-hybridized carbons (Fsp3) is 0.636. The van der Waals surface area contributed by atoms with Crippen LogP contribution in [0.1, 0.15) is 25.6 Å². The predicted molar refractivity (Wildman–Crippen MR) is 72.0 cm³/mol. The summed E-state index contributed by atoms with van der Waals surface area (Å²) >= 11 is 1.34. The maximum atomic E-state index is 11.7. The summed E-state index contributed by atoms with van der Waals surface area (Å²) in [5, 5.41) is 3.31. The van der Waals surface area contributed by atoms with Crippen LogP contribution < -0.4 is 10.0 Å². The first-order chi connectivity index (χ1) is 7.95. The molecule has 2 N–H and O–H groups in total. The lowest BCUT2D eigenvalue weighted by Gasteiger charge is -2.06. The number of nitrogens with one attached hydrogen (secondary N) is 2. The quantitative estimate of drug-likeness (QED) is 0.795. The number of hydrogen-bond donors (Lipinski definition) is 2. The minimum atomic E-state index is -3.28. The Morgan fingerprint density at radius 3 is 2.65 bits per heavy atom. The Balaban J connectivity index is 2.59. The Morgan fingerprint density at radius 1 is 1.35 bits per heavy atom. The number of thiophene rings is 1. The highest BCUT2D eigenvalue weighted by Crippen LogP contribution is 2.21. The Bertz CT molecular complexity index is 438. The maximum Gasteiger partial charge on any atom is 0.250 e. The van der Waals surface area contributed by atoms with Gasteiger partial charge in [-0.25, -0.2) is 13.1 Å². The molecule has 0 unspecified atom stereocenters. The van der Waals surface area contributed by atoms with Gasteiger partial charge in [0.25, 0.3) is 0 Å². The summed E-state index contributed by atoms with van der Waals surface area (Å²) < 4.78 is 26.3. The van der Waals surface area contributed by atoms with Crippen molar-refractivity contribution in [2.75, 3.05) is 13.1 Å². The van der Waals surface area contributed by atoms with Crippen LogP contribution >= 0.6 is 11.3 Å². The molecule has 98 valence electrons. The van der Waals surface area contributed by atoms with Gasteiger partial charge in [-0.1, -0.05) is 20.8 Å². The maximum absolute atomic E-state index is 11.7. The van der Waals surface area contributed by atoms with Crippen molar-refractivity contribution in [3.05, 3.63) is 17.0 Å². The van der Waals surface area contributed by atoms with Crippen molar-refractivity contribution in [2.45, 2.75) is 37.4 Å². The second kappa shape index (κ2) is 6.49. The van der Waals surface area contributed by atoms with Crippen LogP contribution in [0.15, 0.2) is 16.3 Å². The van der Waals surface area contributed by atoms with Crippen LogP contribution in [0.2, 0.25) is 0 Å². The zero-order chi connectivity index (χ0) is 12.9. The number of hydrogen-bond acceptors (Lipinski definition) is 4. The molecule has 0 fully saturated rings. The molecule has 0 spiro atoms. The van der Waals surface area contributed by atoms with E-state index in [1.807, 2.05) is 6.07 Å². The number of sulfonamides is 1. The van der Waals surface area contributed by atoms with Crippen molar-refractivity contribution in [3.8, 4) is 0 Å². The van der Waals surface area contributed by atoms with E-state index in [-0.39, 0.29) is 0 Å². The molecule has 17 heavy (non-hydrogen) atoms. The molecule has 0 saturated heterocycles. The van der Waals surface area contributed by atoms with Crippen LogP contribution in [0.4, 0.5) is 0 Å². The van der Waals surface area contributed by atoms with E-state index < -0.39 is 10.0 Å². The molecule has 0 aliphatic rings. The van der Waals surface area contributed by atoms with Gasteiger partial charge in [0.05, 0.1) is 0 Å². The zero-order valence-electron chi connectivity index (χ0n) is 10.5. The lowest BCUT2D eigenvalue weighted by atomic mass is 10.3. The third kappa shape index (κ3) is 4.75. The molecule has 0 atom stereocenters. The van der Waals surface area contributed by atoms with Gasteiger partial charge in [0.2, 0.25) is 10.0 Å². The van der Waals surface area contributed by atoms with Gasteiger partial charge in [0, 0.05) is 24.0 Å². The van der Waals surface area contributed by atoms with Gasteiger partial charge in [-0.2, -0.15) is 0 Å². The summed E-state index contributed by atoms with van der Waals surface area (Å²) in [6, 6.07) is 4.02. The lowest BCUT2D eigenvalue weighted by molar-refractivity contribution is 0.586. The first-order valence-electron chi connectivity index (χ1n) is 5.77.